The Balaban J connectivity index is 2.07. The third-order valence-corrected chi connectivity index (χ3v) is 2.23. The van der Waals surface area contributed by atoms with Gasteiger partial charge in [0.2, 0.25) is 0 Å². The Kier molecular flexibility index (Phi) is 2.95. The number of benzene rings is 1. The van der Waals surface area contributed by atoms with E-state index >= 15 is 0 Å². The van der Waals surface area contributed by atoms with E-state index in [1.54, 1.807) is 12.4 Å². The summed E-state index contributed by atoms with van der Waals surface area (Å²) in [6.07, 6.45) is 3.24. The molecule has 0 radical (unpaired) electrons. The predicted octanol–water partition coefficient (Wildman–Crippen LogP) is 0.751. The van der Waals surface area contributed by atoms with Gasteiger partial charge in [-0.05, 0) is 18.2 Å². The van der Waals surface area contributed by atoms with Gasteiger partial charge < -0.3 is 15.5 Å². The molecule has 0 fully saturated rings. The molecule has 0 spiro atoms. The first-order valence-corrected chi connectivity index (χ1v) is 4.94. The lowest BCUT2D eigenvalue weighted by molar-refractivity contribution is 0.0948. The summed E-state index contributed by atoms with van der Waals surface area (Å²) in [6.45, 7) is 0.296. The number of rotatable bonds is 3. The van der Waals surface area contributed by atoms with Crippen LogP contribution in [0.15, 0.2) is 30.6 Å². The maximum absolute atomic E-state index is 11.7. The fourth-order valence-corrected chi connectivity index (χ4v) is 1.36. The van der Waals surface area contributed by atoms with E-state index < -0.39 is 5.91 Å². The Morgan fingerprint density at radius 3 is 2.94 bits per heavy atom. The fourth-order valence-electron chi connectivity index (χ4n) is 1.36. The molecular formula is C11H11N3O3. The second-order valence-corrected chi connectivity index (χ2v) is 3.49. The number of carbonyl (C=O) groups is 1. The van der Waals surface area contributed by atoms with Crippen molar-refractivity contribution >= 4 is 5.91 Å². The van der Waals surface area contributed by atoms with Crippen LogP contribution in [-0.2, 0) is 6.54 Å². The minimum absolute atomic E-state index is 0.0356. The minimum Gasteiger partial charge on any atom is -0.508 e. The molecule has 0 saturated carbocycles. The lowest BCUT2D eigenvalue weighted by atomic mass is 10.1. The van der Waals surface area contributed by atoms with Gasteiger partial charge in [0.05, 0.1) is 11.8 Å². The molecule has 4 N–H and O–H groups in total. The molecule has 2 aromatic rings. The van der Waals surface area contributed by atoms with E-state index in [0.717, 1.165) is 5.56 Å². The summed E-state index contributed by atoms with van der Waals surface area (Å²) in [7, 11) is 0. The Bertz CT molecular complexity index is 523. The van der Waals surface area contributed by atoms with Gasteiger partial charge in [-0.3, -0.25) is 9.89 Å². The van der Waals surface area contributed by atoms with E-state index in [0.29, 0.717) is 6.54 Å². The molecule has 0 aliphatic carbocycles. The maximum Gasteiger partial charge on any atom is 0.255 e. The van der Waals surface area contributed by atoms with Crippen LogP contribution in [0.2, 0.25) is 0 Å². The van der Waals surface area contributed by atoms with Gasteiger partial charge in [-0.1, -0.05) is 0 Å². The molecule has 2 rings (SSSR count). The summed E-state index contributed by atoms with van der Waals surface area (Å²) < 4.78 is 0. The first kappa shape index (κ1) is 11.0. The highest BCUT2D eigenvalue weighted by Gasteiger charge is 2.11. The summed E-state index contributed by atoms with van der Waals surface area (Å²) in [6, 6.07) is 3.78. The van der Waals surface area contributed by atoms with Gasteiger partial charge in [0.1, 0.15) is 11.5 Å². The number of amides is 1. The lowest BCUT2D eigenvalue weighted by Gasteiger charge is -2.06. The van der Waals surface area contributed by atoms with Gasteiger partial charge in [0.25, 0.3) is 5.91 Å². The van der Waals surface area contributed by atoms with Crippen LogP contribution in [0.1, 0.15) is 15.9 Å². The molecule has 0 aliphatic rings. The standard InChI is InChI=1S/C11H11N3O3/c15-8-1-2-10(16)9(3-8)11(17)12-4-7-5-13-14-6-7/h1-3,5-6,15-16H,4H2,(H,12,17)(H,13,14). The minimum atomic E-state index is -0.459. The zero-order chi connectivity index (χ0) is 12.3. The number of carbonyl (C=O) groups excluding carboxylic acids is 1. The molecule has 6 heteroatoms. The Hall–Kier alpha value is -2.50. The number of nitrogens with one attached hydrogen (secondary N) is 2. The summed E-state index contributed by atoms with van der Waals surface area (Å²) in [5.74, 6) is -0.705. The van der Waals surface area contributed by atoms with Crippen LogP contribution in [0, 0.1) is 0 Å². The third-order valence-electron chi connectivity index (χ3n) is 2.23. The number of phenolic OH excluding ortho intramolecular Hbond substituents is 2. The molecule has 0 saturated heterocycles. The van der Waals surface area contributed by atoms with Crippen molar-refractivity contribution < 1.29 is 15.0 Å². The van der Waals surface area contributed by atoms with Crippen molar-refractivity contribution in [1.82, 2.24) is 15.5 Å². The second kappa shape index (κ2) is 4.56. The van der Waals surface area contributed by atoms with Gasteiger partial charge >= 0.3 is 0 Å². The van der Waals surface area contributed by atoms with Gasteiger partial charge in [0.15, 0.2) is 0 Å². The normalized spacial score (nSPS) is 10.1. The molecule has 0 aliphatic heterocycles. The van der Waals surface area contributed by atoms with Crippen molar-refractivity contribution in [2.24, 2.45) is 0 Å². The maximum atomic E-state index is 11.7. The lowest BCUT2D eigenvalue weighted by Crippen LogP contribution is -2.22. The van der Waals surface area contributed by atoms with E-state index in [1.165, 1.54) is 18.2 Å². The van der Waals surface area contributed by atoms with Gasteiger partial charge in [0, 0.05) is 18.3 Å². The van der Waals surface area contributed by atoms with Crippen LogP contribution in [0.3, 0.4) is 0 Å². The van der Waals surface area contributed by atoms with E-state index in [4.69, 9.17) is 0 Å². The SMILES string of the molecule is O=C(NCc1cn[nH]c1)c1cc(O)ccc1O. The molecule has 17 heavy (non-hydrogen) atoms. The first-order valence-electron chi connectivity index (χ1n) is 4.94. The number of hydrogen-bond donors (Lipinski definition) is 4. The van der Waals surface area contributed by atoms with Crippen LogP contribution in [0.5, 0.6) is 11.5 Å². The third kappa shape index (κ3) is 2.54. The molecular weight excluding hydrogens is 222 g/mol. The van der Waals surface area contributed by atoms with Crippen molar-refractivity contribution in [3.63, 3.8) is 0 Å². The molecule has 6 nitrogen and oxygen atoms in total. The van der Waals surface area contributed by atoms with E-state index in [-0.39, 0.29) is 17.1 Å². The van der Waals surface area contributed by atoms with Crippen molar-refractivity contribution in [2.45, 2.75) is 6.54 Å². The topological polar surface area (TPSA) is 98.2 Å². The number of phenols is 2. The average Bonchev–Trinajstić information content (AvgIpc) is 2.82. The largest absolute Gasteiger partial charge is 0.508 e. The van der Waals surface area contributed by atoms with Crippen LogP contribution in [0.25, 0.3) is 0 Å². The predicted molar refractivity (Wildman–Crippen MR) is 59.5 cm³/mol. The summed E-state index contributed by atoms with van der Waals surface area (Å²) >= 11 is 0. The monoisotopic (exact) mass is 233 g/mol. The highest BCUT2D eigenvalue weighted by atomic mass is 16.3. The number of nitrogens with zero attached hydrogens (tertiary/aromatic N) is 1. The smallest absolute Gasteiger partial charge is 0.255 e. The van der Waals surface area contributed by atoms with Crippen molar-refractivity contribution in [3.05, 3.63) is 41.7 Å². The summed E-state index contributed by atoms with van der Waals surface area (Å²) in [5, 5.41) is 27.7. The Labute approximate surface area is 96.9 Å². The van der Waals surface area contributed by atoms with E-state index in [2.05, 4.69) is 15.5 Å². The molecule has 0 atom stereocenters. The van der Waals surface area contributed by atoms with Crippen molar-refractivity contribution in [1.29, 1.82) is 0 Å². The second-order valence-electron chi connectivity index (χ2n) is 3.49. The Morgan fingerprint density at radius 1 is 1.41 bits per heavy atom. The van der Waals surface area contributed by atoms with E-state index in [1.807, 2.05) is 0 Å². The summed E-state index contributed by atoms with van der Waals surface area (Å²) in [4.78, 5) is 11.7. The zero-order valence-corrected chi connectivity index (χ0v) is 8.84. The van der Waals surface area contributed by atoms with Gasteiger partial charge in [-0.2, -0.15) is 5.10 Å². The van der Waals surface area contributed by atoms with Crippen LogP contribution >= 0.6 is 0 Å². The fraction of sp³-hybridized carbons (Fsp3) is 0.0909. The highest BCUT2D eigenvalue weighted by Crippen LogP contribution is 2.21. The molecule has 1 amide bonds. The van der Waals surface area contributed by atoms with Crippen LogP contribution < -0.4 is 5.32 Å². The van der Waals surface area contributed by atoms with Gasteiger partial charge in [-0.15, -0.1) is 0 Å². The molecule has 0 unspecified atom stereocenters. The first-order chi connectivity index (χ1) is 8.16. The molecule has 88 valence electrons. The number of aromatic amines is 1. The number of aromatic nitrogens is 2. The average molecular weight is 233 g/mol. The number of hydrogen-bond acceptors (Lipinski definition) is 4. The molecule has 1 aromatic heterocycles. The highest BCUT2D eigenvalue weighted by molar-refractivity contribution is 5.97. The summed E-state index contributed by atoms with van der Waals surface area (Å²) in [5.41, 5.74) is 0.853. The number of H-pyrrole nitrogens is 1. The van der Waals surface area contributed by atoms with Crippen LogP contribution in [-0.4, -0.2) is 26.3 Å². The quantitative estimate of drug-likeness (QED) is 0.588. The van der Waals surface area contributed by atoms with E-state index in [9.17, 15) is 15.0 Å². The van der Waals surface area contributed by atoms with Crippen molar-refractivity contribution in [3.8, 4) is 11.5 Å². The van der Waals surface area contributed by atoms with Crippen molar-refractivity contribution in [2.75, 3.05) is 0 Å². The van der Waals surface area contributed by atoms with Gasteiger partial charge in [-0.25, -0.2) is 0 Å². The Morgan fingerprint density at radius 2 is 2.24 bits per heavy atom. The van der Waals surface area contributed by atoms with Crippen LogP contribution in [0.4, 0.5) is 0 Å². The molecule has 1 aromatic carbocycles. The molecule has 0 bridgehead atoms. The molecule has 1 heterocycles. The number of aromatic hydroxyl groups is 2. The zero-order valence-electron chi connectivity index (χ0n) is 8.84.